The summed E-state index contributed by atoms with van der Waals surface area (Å²) in [4.78, 5) is 17.9. The van der Waals surface area contributed by atoms with Crippen LogP contribution in [0.15, 0.2) is 41.3 Å². The number of piperazine rings is 1. The molecular formula is C28H39N3O4S. The molecule has 7 nitrogen and oxygen atoms in total. The molecule has 196 valence electrons. The van der Waals surface area contributed by atoms with Gasteiger partial charge in [0.2, 0.25) is 15.9 Å². The van der Waals surface area contributed by atoms with Crippen LogP contribution in [0.1, 0.15) is 49.3 Å². The molecule has 1 amide bonds. The van der Waals surface area contributed by atoms with Crippen LogP contribution in [-0.4, -0.2) is 69.9 Å². The van der Waals surface area contributed by atoms with Crippen molar-refractivity contribution in [2.24, 2.45) is 5.92 Å². The van der Waals surface area contributed by atoms with E-state index in [0.29, 0.717) is 38.2 Å². The van der Waals surface area contributed by atoms with Crippen molar-refractivity contribution >= 4 is 21.6 Å². The van der Waals surface area contributed by atoms with Crippen molar-refractivity contribution in [2.75, 3.05) is 51.3 Å². The Kier molecular flexibility index (Phi) is 7.95. The number of ether oxygens (including phenoxy) is 1. The zero-order valence-corrected chi connectivity index (χ0v) is 23.0. The number of carbonyl (C=O) groups is 1. The highest BCUT2D eigenvalue weighted by atomic mass is 32.2. The number of hydrogen-bond acceptors (Lipinski definition) is 5. The number of aryl methyl sites for hydroxylation is 1. The van der Waals surface area contributed by atoms with Crippen molar-refractivity contribution in [1.29, 1.82) is 0 Å². The van der Waals surface area contributed by atoms with Crippen LogP contribution < -0.4 is 9.64 Å². The normalized spacial score (nSPS) is 19.6. The third kappa shape index (κ3) is 5.25. The van der Waals surface area contributed by atoms with Crippen LogP contribution in [0.25, 0.3) is 0 Å². The minimum absolute atomic E-state index is 0.0680. The number of piperidine rings is 1. The number of nitrogens with zero attached hydrogens (tertiary/aromatic N) is 3. The van der Waals surface area contributed by atoms with Crippen molar-refractivity contribution < 1.29 is 17.9 Å². The Labute approximate surface area is 216 Å². The number of methoxy groups -OCH3 is 1. The van der Waals surface area contributed by atoms with Crippen molar-refractivity contribution in [3.05, 3.63) is 53.1 Å². The molecule has 0 unspecified atom stereocenters. The summed E-state index contributed by atoms with van der Waals surface area (Å²) in [6.07, 6.45) is 1.38. The van der Waals surface area contributed by atoms with Crippen LogP contribution in [0.3, 0.4) is 0 Å². The van der Waals surface area contributed by atoms with Crippen LogP contribution in [-0.2, 0) is 14.8 Å². The summed E-state index contributed by atoms with van der Waals surface area (Å²) in [5, 5.41) is 0. The second kappa shape index (κ2) is 10.8. The van der Waals surface area contributed by atoms with Gasteiger partial charge in [0.25, 0.3) is 0 Å². The Hall–Kier alpha value is -2.58. The molecule has 4 rings (SSSR count). The van der Waals surface area contributed by atoms with E-state index in [1.807, 2.05) is 24.8 Å². The molecule has 0 radical (unpaired) electrons. The first-order chi connectivity index (χ1) is 17.1. The maximum absolute atomic E-state index is 13.7. The molecule has 36 heavy (non-hydrogen) atoms. The molecule has 8 heteroatoms. The number of sulfonamides is 1. The highest BCUT2D eigenvalue weighted by Crippen LogP contribution is 2.33. The molecular weight excluding hydrogens is 474 g/mol. The van der Waals surface area contributed by atoms with E-state index in [0.717, 1.165) is 18.7 Å². The number of benzene rings is 2. The zero-order valence-electron chi connectivity index (χ0n) is 22.2. The standard InChI is InChI=1S/C28H39N3O4S/c1-20(2)23-11-12-26(35-5)27(18-23)36(33,34)31-13-7-9-24(19-31)28(32)30-16-14-29(15-17-30)25-10-6-8-21(3)22(25)4/h6,8,10-12,18,20,24H,7,9,13-17,19H2,1-5H3/t24-/m1/s1. The molecule has 0 spiro atoms. The summed E-state index contributed by atoms with van der Waals surface area (Å²) < 4.78 is 34.2. The largest absolute Gasteiger partial charge is 0.495 e. The zero-order chi connectivity index (χ0) is 26.0. The van der Waals surface area contributed by atoms with E-state index in [-0.39, 0.29) is 29.2 Å². The van der Waals surface area contributed by atoms with Crippen molar-refractivity contribution in [3.63, 3.8) is 0 Å². The van der Waals surface area contributed by atoms with Gasteiger partial charge in [-0.3, -0.25) is 4.79 Å². The van der Waals surface area contributed by atoms with E-state index in [4.69, 9.17) is 4.74 Å². The molecule has 2 aromatic carbocycles. The second-order valence-electron chi connectivity index (χ2n) is 10.3. The van der Waals surface area contributed by atoms with Crippen LogP contribution in [0.4, 0.5) is 5.69 Å². The van der Waals surface area contributed by atoms with E-state index in [1.54, 1.807) is 12.1 Å². The number of hydrogen-bond donors (Lipinski definition) is 0. The Morgan fingerprint density at radius 2 is 1.75 bits per heavy atom. The van der Waals surface area contributed by atoms with Crippen molar-refractivity contribution in [3.8, 4) is 5.75 Å². The van der Waals surface area contributed by atoms with Gasteiger partial charge in [0.05, 0.1) is 13.0 Å². The Bertz CT molecular complexity index is 1200. The fourth-order valence-corrected chi connectivity index (χ4v) is 6.97. The molecule has 2 saturated heterocycles. The van der Waals surface area contributed by atoms with E-state index in [2.05, 4.69) is 36.9 Å². The molecule has 2 aromatic rings. The highest BCUT2D eigenvalue weighted by Gasteiger charge is 2.37. The second-order valence-corrected chi connectivity index (χ2v) is 12.2. The van der Waals surface area contributed by atoms with Crippen molar-refractivity contribution in [2.45, 2.75) is 51.3 Å². The summed E-state index contributed by atoms with van der Waals surface area (Å²) in [5.74, 6) is 0.289. The molecule has 0 N–H and O–H groups in total. The lowest BCUT2D eigenvalue weighted by Gasteiger charge is -2.40. The molecule has 2 fully saturated rings. The molecule has 0 bridgehead atoms. The lowest BCUT2D eigenvalue weighted by Crippen LogP contribution is -2.53. The topological polar surface area (TPSA) is 70.2 Å². The molecule has 2 aliphatic rings. The monoisotopic (exact) mass is 513 g/mol. The van der Waals surface area contributed by atoms with E-state index in [1.165, 1.54) is 28.2 Å². The number of amides is 1. The predicted octanol–water partition coefficient (Wildman–Crippen LogP) is 4.18. The number of anilines is 1. The smallest absolute Gasteiger partial charge is 0.246 e. The minimum atomic E-state index is -3.78. The molecule has 0 aromatic heterocycles. The van der Waals surface area contributed by atoms with Gasteiger partial charge in [-0.15, -0.1) is 0 Å². The van der Waals surface area contributed by atoms with Gasteiger partial charge in [-0.25, -0.2) is 8.42 Å². The summed E-state index contributed by atoms with van der Waals surface area (Å²) in [6.45, 7) is 11.8. The van der Waals surface area contributed by atoms with Gasteiger partial charge in [0.1, 0.15) is 10.6 Å². The molecule has 2 aliphatic heterocycles. The van der Waals surface area contributed by atoms with Crippen LogP contribution in [0, 0.1) is 19.8 Å². The quantitative estimate of drug-likeness (QED) is 0.580. The summed E-state index contributed by atoms with van der Waals surface area (Å²) >= 11 is 0. The van der Waals surface area contributed by atoms with Gasteiger partial charge in [0, 0.05) is 45.0 Å². The minimum Gasteiger partial charge on any atom is -0.495 e. The van der Waals surface area contributed by atoms with Gasteiger partial charge in [-0.05, 0) is 67.5 Å². The molecule has 0 aliphatic carbocycles. The van der Waals surface area contributed by atoms with Gasteiger partial charge in [-0.1, -0.05) is 32.0 Å². The third-order valence-corrected chi connectivity index (χ3v) is 9.60. The Morgan fingerprint density at radius 1 is 1.03 bits per heavy atom. The highest BCUT2D eigenvalue weighted by molar-refractivity contribution is 7.89. The SMILES string of the molecule is COc1ccc(C(C)C)cc1S(=O)(=O)N1CCC[C@@H](C(=O)N2CCN(c3cccc(C)c3C)CC2)C1. The first-order valence-corrected chi connectivity index (χ1v) is 14.4. The molecule has 0 saturated carbocycles. The van der Waals surface area contributed by atoms with Gasteiger partial charge < -0.3 is 14.5 Å². The Morgan fingerprint density at radius 3 is 2.42 bits per heavy atom. The van der Waals surface area contributed by atoms with Gasteiger partial charge in [0.15, 0.2) is 0 Å². The Balaban J connectivity index is 1.45. The van der Waals surface area contributed by atoms with E-state index < -0.39 is 10.0 Å². The predicted molar refractivity (Wildman–Crippen MR) is 143 cm³/mol. The molecule has 1 atom stereocenters. The maximum atomic E-state index is 13.7. The fraction of sp³-hybridized carbons (Fsp3) is 0.536. The summed E-state index contributed by atoms with van der Waals surface area (Å²) in [6, 6.07) is 11.7. The average Bonchev–Trinajstić information content (AvgIpc) is 2.89. The van der Waals surface area contributed by atoms with Gasteiger partial charge in [-0.2, -0.15) is 4.31 Å². The van der Waals surface area contributed by atoms with Crippen LogP contribution in [0.5, 0.6) is 5.75 Å². The van der Waals surface area contributed by atoms with Gasteiger partial charge >= 0.3 is 0 Å². The molecule has 2 heterocycles. The van der Waals surface area contributed by atoms with Crippen LogP contribution in [0.2, 0.25) is 0 Å². The first kappa shape index (κ1) is 26.5. The first-order valence-electron chi connectivity index (χ1n) is 12.9. The van der Waals surface area contributed by atoms with E-state index >= 15 is 0 Å². The van der Waals surface area contributed by atoms with E-state index in [9.17, 15) is 13.2 Å². The van der Waals surface area contributed by atoms with Crippen LogP contribution >= 0.6 is 0 Å². The lowest BCUT2D eigenvalue weighted by molar-refractivity contribution is -0.137. The lowest BCUT2D eigenvalue weighted by atomic mass is 9.97. The average molecular weight is 514 g/mol. The maximum Gasteiger partial charge on any atom is 0.246 e. The van der Waals surface area contributed by atoms with Crippen molar-refractivity contribution in [1.82, 2.24) is 9.21 Å². The summed E-state index contributed by atoms with van der Waals surface area (Å²) in [5.41, 5.74) is 4.72. The number of rotatable bonds is 6. The third-order valence-electron chi connectivity index (χ3n) is 7.71. The summed E-state index contributed by atoms with van der Waals surface area (Å²) in [7, 11) is -2.29. The fourth-order valence-electron chi connectivity index (χ4n) is 5.26. The number of carbonyl (C=O) groups excluding carboxylic acids is 1.